The van der Waals surface area contributed by atoms with Crippen LogP contribution in [0.2, 0.25) is 0 Å². The number of hydrogen-bond acceptors (Lipinski definition) is 2. The van der Waals surface area contributed by atoms with Crippen molar-refractivity contribution in [2.24, 2.45) is 0 Å². The van der Waals surface area contributed by atoms with Crippen LogP contribution in [-0.2, 0) is 6.18 Å². The molecule has 1 unspecified atom stereocenters. The van der Waals surface area contributed by atoms with Crippen molar-refractivity contribution in [3.63, 3.8) is 0 Å². The molecule has 0 aliphatic rings. The van der Waals surface area contributed by atoms with E-state index < -0.39 is 23.9 Å². The molecule has 0 heterocycles. The lowest BCUT2D eigenvalue weighted by Gasteiger charge is -2.16. The van der Waals surface area contributed by atoms with Crippen LogP contribution in [0.4, 0.5) is 23.7 Å². The molecule has 0 saturated carbocycles. The molecule has 3 N–H and O–H groups in total. The highest BCUT2D eigenvalue weighted by Gasteiger charge is 2.33. The molecule has 7 heteroatoms. The van der Waals surface area contributed by atoms with E-state index in [4.69, 9.17) is 0 Å². The summed E-state index contributed by atoms with van der Waals surface area (Å²) in [5.41, 5.74) is 0.232. The minimum absolute atomic E-state index is 0.120. The van der Waals surface area contributed by atoms with Crippen LogP contribution >= 0.6 is 0 Å². The summed E-state index contributed by atoms with van der Waals surface area (Å²) in [6.07, 6.45) is -5.51. The molecular formula is C17H17F3N2O2. The van der Waals surface area contributed by atoms with Crippen LogP contribution in [0.3, 0.4) is 0 Å². The Labute approximate surface area is 137 Å². The lowest BCUT2D eigenvalue weighted by atomic mass is 10.0. The number of hydrogen-bond donors (Lipinski definition) is 3. The summed E-state index contributed by atoms with van der Waals surface area (Å²) in [4.78, 5) is 11.8. The maximum atomic E-state index is 12.9. The number of benzene rings is 2. The van der Waals surface area contributed by atoms with Gasteiger partial charge in [-0.25, -0.2) is 4.79 Å². The van der Waals surface area contributed by atoms with Gasteiger partial charge in [0.25, 0.3) is 0 Å². The van der Waals surface area contributed by atoms with Crippen molar-refractivity contribution in [1.29, 1.82) is 0 Å². The average molecular weight is 338 g/mol. The van der Waals surface area contributed by atoms with Gasteiger partial charge in [0.05, 0.1) is 17.4 Å². The van der Waals surface area contributed by atoms with Gasteiger partial charge in [0, 0.05) is 6.54 Å². The molecule has 2 amide bonds. The van der Waals surface area contributed by atoms with Gasteiger partial charge in [-0.1, -0.05) is 36.4 Å². The molecule has 0 radical (unpaired) electrons. The van der Waals surface area contributed by atoms with Gasteiger partial charge in [0.15, 0.2) is 0 Å². The highest BCUT2D eigenvalue weighted by atomic mass is 19.4. The van der Waals surface area contributed by atoms with Crippen molar-refractivity contribution in [3.8, 4) is 0 Å². The summed E-state index contributed by atoms with van der Waals surface area (Å²) in [6.45, 7) is 1.70. The third-order valence-electron chi connectivity index (χ3n) is 3.48. The number of aryl methyl sites for hydroxylation is 1. The number of carbonyl (C=O) groups is 1. The second kappa shape index (κ2) is 7.35. The normalized spacial score (nSPS) is 12.5. The second-order valence-corrected chi connectivity index (χ2v) is 5.25. The highest BCUT2D eigenvalue weighted by Crippen LogP contribution is 2.34. The van der Waals surface area contributed by atoms with Crippen LogP contribution < -0.4 is 10.6 Å². The number of alkyl halides is 3. The van der Waals surface area contributed by atoms with Crippen LogP contribution in [0.5, 0.6) is 0 Å². The van der Waals surface area contributed by atoms with Crippen molar-refractivity contribution >= 4 is 11.7 Å². The predicted octanol–water partition coefficient (Wildman–Crippen LogP) is 3.87. The Morgan fingerprint density at radius 1 is 1.12 bits per heavy atom. The average Bonchev–Trinajstić information content (AvgIpc) is 2.52. The quantitative estimate of drug-likeness (QED) is 0.792. The second-order valence-electron chi connectivity index (χ2n) is 5.25. The predicted molar refractivity (Wildman–Crippen MR) is 84.6 cm³/mol. The van der Waals surface area contributed by atoms with E-state index in [2.05, 4.69) is 10.6 Å². The lowest BCUT2D eigenvalue weighted by Crippen LogP contribution is -2.33. The minimum atomic E-state index is -4.56. The van der Waals surface area contributed by atoms with Gasteiger partial charge in [0.2, 0.25) is 0 Å². The summed E-state index contributed by atoms with van der Waals surface area (Å²) < 4.78 is 38.6. The van der Waals surface area contributed by atoms with Crippen molar-refractivity contribution in [2.45, 2.75) is 19.2 Å². The summed E-state index contributed by atoms with van der Waals surface area (Å²) in [7, 11) is 0. The number of aliphatic hydroxyl groups is 1. The van der Waals surface area contributed by atoms with E-state index in [0.29, 0.717) is 5.56 Å². The molecular weight excluding hydrogens is 321 g/mol. The summed E-state index contributed by atoms with van der Waals surface area (Å²) >= 11 is 0. The van der Waals surface area contributed by atoms with Crippen LogP contribution in [0.25, 0.3) is 0 Å². The van der Waals surface area contributed by atoms with Gasteiger partial charge in [-0.3, -0.25) is 0 Å². The number of rotatable bonds is 4. The first-order valence-corrected chi connectivity index (χ1v) is 7.23. The summed E-state index contributed by atoms with van der Waals surface area (Å²) in [5, 5.41) is 14.6. The lowest BCUT2D eigenvalue weighted by molar-refractivity contribution is -0.136. The van der Waals surface area contributed by atoms with Crippen molar-refractivity contribution in [3.05, 3.63) is 65.2 Å². The Bertz CT molecular complexity index is 717. The van der Waals surface area contributed by atoms with E-state index in [1.54, 1.807) is 12.1 Å². The van der Waals surface area contributed by atoms with Gasteiger partial charge in [-0.05, 0) is 30.2 Å². The minimum Gasteiger partial charge on any atom is -0.387 e. The Kier molecular flexibility index (Phi) is 5.46. The zero-order valence-electron chi connectivity index (χ0n) is 12.9. The summed E-state index contributed by atoms with van der Waals surface area (Å²) in [5.74, 6) is 0. The number of halogens is 3. The molecule has 0 saturated heterocycles. The van der Waals surface area contributed by atoms with Crippen LogP contribution in [-0.4, -0.2) is 17.7 Å². The van der Waals surface area contributed by atoms with E-state index >= 15 is 0 Å². The van der Waals surface area contributed by atoms with Gasteiger partial charge < -0.3 is 15.7 Å². The van der Waals surface area contributed by atoms with Gasteiger partial charge in [0.1, 0.15) is 0 Å². The van der Waals surface area contributed by atoms with Crippen molar-refractivity contribution in [1.82, 2.24) is 5.32 Å². The molecule has 0 aromatic heterocycles. The number of nitrogens with one attached hydrogen (secondary N) is 2. The molecule has 1 atom stereocenters. The first kappa shape index (κ1) is 17.8. The Morgan fingerprint density at radius 2 is 1.75 bits per heavy atom. The molecule has 2 aromatic carbocycles. The standard InChI is InChI=1S/C17H17F3N2O2/c1-11-6-2-3-7-12(11)15(23)10-21-16(24)22-14-9-5-4-8-13(14)17(18,19)20/h2-9,15,23H,10H2,1H3,(H2,21,22,24). The molecule has 0 aliphatic heterocycles. The number of amides is 2. The molecule has 2 rings (SSSR count). The number of para-hydroxylation sites is 1. The van der Waals surface area contributed by atoms with Crippen molar-refractivity contribution in [2.75, 3.05) is 11.9 Å². The molecule has 0 aliphatic carbocycles. The fourth-order valence-electron chi connectivity index (χ4n) is 2.27. The first-order valence-electron chi connectivity index (χ1n) is 7.23. The molecule has 128 valence electrons. The van der Waals surface area contributed by atoms with Crippen molar-refractivity contribution < 1.29 is 23.1 Å². The van der Waals surface area contributed by atoms with E-state index in [1.807, 2.05) is 19.1 Å². The molecule has 0 spiro atoms. The van der Waals surface area contributed by atoms with Crippen LogP contribution in [0, 0.1) is 6.92 Å². The van der Waals surface area contributed by atoms with E-state index in [1.165, 1.54) is 18.2 Å². The molecule has 0 fully saturated rings. The number of anilines is 1. The molecule has 2 aromatic rings. The Morgan fingerprint density at radius 3 is 2.42 bits per heavy atom. The van der Waals surface area contributed by atoms with Gasteiger partial charge in [-0.15, -0.1) is 0 Å². The largest absolute Gasteiger partial charge is 0.418 e. The third kappa shape index (κ3) is 4.48. The Hall–Kier alpha value is -2.54. The smallest absolute Gasteiger partial charge is 0.387 e. The fourth-order valence-corrected chi connectivity index (χ4v) is 2.27. The van der Waals surface area contributed by atoms with Crippen LogP contribution in [0.1, 0.15) is 22.8 Å². The number of aliphatic hydroxyl groups excluding tert-OH is 1. The third-order valence-corrected chi connectivity index (χ3v) is 3.48. The Balaban J connectivity index is 1.99. The monoisotopic (exact) mass is 338 g/mol. The van der Waals surface area contributed by atoms with Gasteiger partial charge >= 0.3 is 12.2 Å². The zero-order chi connectivity index (χ0) is 17.7. The van der Waals surface area contributed by atoms with E-state index in [0.717, 1.165) is 11.6 Å². The molecule has 0 bridgehead atoms. The van der Waals surface area contributed by atoms with E-state index in [9.17, 15) is 23.1 Å². The zero-order valence-corrected chi connectivity index (χ0v) is 12.9. The molecule has 4 nitrogen and oxygen atoms in total. The number of urea groups is 1. The maximum Gasteiger partial charge on any atom is 0.418 e. The summed E-state index contributed by atoms with van der Waals surface area (Å²) in [6, 6.07) is 11.0. The first-order chi connectivity index (χ1) is 11.3. The topological polar surface area (TPSA) is 61.4 Å². The van der Waals surface area contributed by atoms with Crippen LogP contribution in [0.15, 0.2) is 48.5 Å². The van der Waals surface area contributed by atoms with E-state index in [-0.39, 0.29) is 12.2 Å². The highest BCUT2D eigenvalue weighted by molar-refractivity contribution is 5.90. The maximum absolute atomic E-state index is 12.9. The number of carbonyl (C=O) groups excluding carboxylic acids is 1. The fraction of sp³-hybridized carbons (Fsp3) is 0.235. The molecule has 24 heavy (non-hydrogen) atoms. The SMILES string of the molecule is Cc1ccccc1C(O)CNC(=O)Nc1ccccc1C(F)(F)F. The van der Waals surface area contributed by atoms with Gasteiger partial charge in [-0.2, -0.15) is 13.2 Å².